The van der Waals surface area contributed by atoms with Crippen molar-refractivity contribution in [3.63, 3.8) is 0 Å². The summed E-state index contributed by atoms with van der Waals surface area (Å²) in [5.41, 5.74) is 4.02. The molecule has 0 saturated carbocycles. The van der Waals surface area contributed by atoms with E-state index in [0.29, 0.717) is 27.2 Å². The van der Waals surface area contributed by atoms with Crippen LogP contribution < -0.4 is 10.6 Å². The van der Waals surface area contributed by atoms with Crippen molar-refractivity contribution in [2.45, 2.75) is 6.92 Å². The zero-order valence-electron chi connectivity index (χ0n) is 17.3. The number of thiol groups is 1. The fourth-order valence-electron chi connectivity index (χ4n) is 2.91. The van der Waals surface area contributed by atoms with E-state index in [2.05, 4.69) is 38.3 Å². The fourth-order valence-corrected chi connectivity index (χ4v) is 3.57. The highest BCUT2D eigenvalue weighted by Gasteiger charge is 2.08. The van der Waals surface area contributed by atoms with Gasteiger partial charge in [-0.05, 0) is 61.5 Å². The van der Waals surface area contributed by atoms with Crippen molar-refractivity contribution in [3.05, 3.63) is 88.7 Å². The summed E-state index contributed by atoms with van der Waals surface area (Å²) in [6, 6.07) is 19.5. The molecule has 2 N–H and O–H groups in total. The van der Waals surface area contributed by atoms with Crippen molar-refractivity contribution >= 4 is 58.4 Å². The monoisotopic (exact) mass is 496 g/mol. The van der Waals surface area contributed by atoms with E-state index in [1.165, 1.54) is 5.56 Å². The molecule has 0 aliphatic rings. The van der Waals surface area contributed by atoms with Gasteiger partial charge in [-0.3, -0.25) is 0 Å². The van der Waals surface area contributed by atoms with E-state index in [4.69, 9.17) is 23.2 Å². The van der Waals surface area contributed by atoms with Crippen LogP contribution in [0.25, 0.3) is 17.1 Å². The first-order chi connectivity index (χ1) is 15.9. The second-order valence-electron chi connectivity index (χ2n) is 7.04. The van der Waals surface area contributed by atoms with Gasteiger partial charge in [-0.25, -0.2) is 14.5 Å². The number of amidine groups is 1. The van der Waals surface area contributed by atoms with Crippen LogP contribution in [-0.2, 0) is 0 Å². The Morgan fingerprint density at radius 2 is 1.73 bits per heavy atom. The molecule has 0 atom stereocenters. The summed E-state index contributed by atoms with van der Waals surface area (Å²) >= 11 is 16.2. The Kier molecular flexibility index (Phi) is 6.98. The molecule has 1 heterocycles. The minimum atomic E-state index is -0.591. The molecule has 0 bridgehead atoms. The van der Waals surface area contributed by atoms with Gasteiger partial charge in [0.05, 0.1) is 16.4 Å². The van der Waals surface area contributed by atoms with Crippen LogP contribution in [0, 0.1) is 6.92 Å². The SMILES string of the molecule is Cc1ccc(-n2cnc(-c3ccc(NC(=O)/N=C(\S)Nc4ccc(Cl)cc4Cl)cc3)n2)cc1. The number of benzene rings is 3. The number of aromatic nitrogens is 3. The van der Waals surface area contributed by atoms with Crippen molar-refractivity contribution in [1.82, 2.24) is 14.8 Å². The third-order valence-corrected chi connectivity index (χ3v) is 5.33. The number of carbonyl (C=O) groups excluding carboxylic acids is 1. The Balaban J connectivity index is 1.39. The highest BCUT2D eigenvalue weighted by Crippen LogP contribution is 2.25. The topological polar surface area (TPSA) is 84.2 Å². The van der Waals surface area contributed by atoms with Crippen molar-refractivity contribution in [3.8, 4) is 17.1 Å². The summed E-state index contributed by atoms with van der Waals surface area (Å²) in [7, 11) is 0. The lowest BCUT2D eigenvalue weighted by atomic mass is 10.2. The van der Waals surface area contributed by atoms with Crippen LogP contribution in [0.2, 0.25) is 10.0 Å². The number of rotatable bonds is 4. The lowest BCUT2D eigenvalue weighted by Crippen LogP contribution is -2.12. The Bertz CT molecular complexity index is 1320. The first-order valence-corrected chi connectivity index (χ1v) is 11.0. The molecular weight excluding hydrogens is 479 g/mol. The molecule has 4 aromatic rings. The summed E-state index contributed by atoms with van der Waals surface area (Å²) in [4.78, 5) is 20.4. The van der Waals surface area contributed by atoms with Gasteiger partial charge in [-0.15, -0.1) is 17.7 Å². The quantitative estimate of drug-likeness (QED) is 0.171. The number of amides is 2. The minimum Gasteiger partial charge on any atom is -0.334 e. The normalized spacial score (nSPS) is 11.3. The van der Waals surface area contributed by atoms with Gasteiger partial charge in [0.25, 0.3) is 0 Å². The van der Waals surface area contributed by atoms with Crippen LogP contribution in [-0.4, -0.2) is 26.0 Å². The lowest BCUT2D eigenvalue weighted by Gasteiger charge is -2.08. The highest BCUT2D eigenvalue weighted by molar-refractivity contribution is 7.97. The molecule has 0 unspecified atom stereocenters. The first-order valence-electron chi connectivity index (χ1n) is 9.77. The molecule has 2 amide bonds. The Morgan fingerprint density at radius 1 is 1.00 bits per heavy atom. The van der Waals surface area contributed by atoms with Gasteiger partial charge >= 0.3 is 6.03 Å². The minimum absolute atomic E-state index is 0.0826. The average molecular weight is 497 g/mol. The van der Waals surface area contributed by atoms with E-state index in [9.17, 15) is 4.79 Å². The molecule has 3 aromatic carbocycles. The number of hydrogen-bond acceptors (Lipinski definition) is 3. The van der Waals surface area contributed by atoms with Crippen LogP contribution in [0.15, 0.2) is 78.0 Å². The summed E-state index contributed by atoms with van der Waals surface area (Å²) < 4.78 is 1.72. The fraction of sp³-hybridized carbons (Fsp3) is 0.0435. The largest absolute Gasteiger partial charge is 0.347 e. The molecule has 0 spiro atoms. The molecule has 10 heteroatoms. The number of halogens is 2. The summed E-state index contributed by atoms with van der Waals surface area (Å²) in [5, 5.41) is 11.0. The molecule has 0 saturated heterocycles. The van der Waals surface area contributed by atoms with Gasteiger partial charge < -0.3 is 10.6 Å². The van der Waals surface area contributed by atoms with Gasteiger partial charge in [0.15, 0.2) is 11.0 Å². The zero-order chi connectivity index (χ0) is 23.4. The Morgan fingerprint density at radius 3 is 2.42 bits per heavy atom. The molecule has 7 nitrogen and oxygen atoms in total. The van der Waals surface area contributed by atoms with Gasteiger partial charge in [0.2, 0.25) is 0 Å². The molecule has 33 heavy (non-hydrogen) atoms. The van der Waals surface area contributed by atoms with Crippen molar-refractivity contribution in [2.75, 3.05) is 10.6 Å². The average Bonchev–Trinajstić information content (AvgIpc) is 3.27. The second kappa shape index (κ2) is 10.1. The number of aliphatic imine (C=N–C) groups is 1. The molecule has 4 rings (SSSR count). The molecule has 1 aromatic heterocycles. The summed E-state index contributed by atoms with van der Waals surface area (Å²) in [5.74, 6) is 0.577. The van der Waals surface area contributed by atoms with E-state index in [1.54, 1.807) is 41.3 Å². The maximum atomic E-state index is 12.2. The Hall–Kier alpha value is -3.33. The molecule has 0 aliphatic heterocycles. The van der Waals surface area contributed by atoms with Gasteiger partial charge in [0.1, 0.15) is 6.33 Å². The maximum absolute atomic E-state index is 12.2. The maximum Gasteiger partial charge on any atom is 0.347 e. The van der Waals surface area contributed by atoms with E-state index in [-0.39, 0.29) is 5.17 Å². The third kappa shape index (κ3) is 5.92. The molecular formula is C23H18Cl2N6OS. The molecule has 0 radical (unpaired) electrons. The van der Waals surface area contributed by atoms with Crippen LogP contribution in [0.3, 0.4) is 0 Å². The number of anilines is 2. The Labute approximate surface area is 205 Å². The number of urea groups is 1. The number of aryl methyl sites for hydroxylation is 1. The number of nitrogens with zero attached hydrogens (tertiary/aromatic N) is 4. The van der Waals surface area contributed by atoms with Gasteiger partial charge in [-0.1, -0.05) is 40.9 Å². The van der Waals surface area contributed by atoms with E-state index >= 15 is 0 Å². The highest BCUT2D eigenvalue weighted by atomic mass is 35.5. The summed E-state index contributed by atoms with van der Waals surface area (Å²) in [6.07, 6.45) is 1.67. The van der Waals surface area contributed by atoms with Crippen molar-refractivity contribution < 1.29 is 4.79 Å². The smallest absolute Gasteiger partial charge is 0.334 e. The number of nitrogens with one attached hydrogen (secondary N) is 2. The van der Waals surface area contributed by atoms with E-state index in [0.717, 1.165) is 11.3 Å². The predicted molar refractivity (Wildman–Crippen MR) is 137 cm³/mol. The van der Waals surface area contributed by atoms with Gasteiger partial charge in [-0.2, -0.15) is 4.99 Å². The second-order valence-corrected chi connectivity index (χ2v) is 8.31. The first kappa shape index (κ1) is 22.8. The molecule has 166 valence electrons. The van der Waals surface area contributed by atoms with Gasteiger partial charge in [0, 0.05) is 16.3 Å². The number of carbonyl (C=O) groups is 1. The van der Waals surface area contributed by atoms with Crippen LogP contribution in [0.5, 0.6) is 0 Å². The van der Waals surface area contributed by atoms with E-state index in [1.807, 2.05) is 43.3 Å². The zero-order valence-corrected chi connectivity index (χ0v) is 19.7. The van der Waals surface area contributed by atoms with Crippen molar-refractivity contribution in [2.24, 2.45) is 4.99 Å². The molecule has 0 fully saturated rings. The van der Waals surface area contributed by atoms with Crippen LogP contribution in [0.4, 0.5) is 16.2 Å². The number of hydrogen-bond donors (Lipinski definition) is 3. The van der Waals surface area contributed by atoms with Crippen molar-refractivity contribution in [1.29, 1.82) is 0 Å². The molecule has 0 aliphatic carbocycles. The standard InChI is InChI=1S/C23H18Cl2N6OS/c1-14-2-9-18(10-3-14)31-13-26-21(30-31)15-4-7-17(8-5-15)27-22(32)29-23(33)28-20-11-6-16(24)12-19(20)25/h2-13H,1H3,(H3,27,28,29,32,33). The lowest BCUT2D eigenvalue weighted by molar-refractivity contribution is 0.259. The predicted octanol–water partition coefficient (Wildman–Crippen LogP) is 6.48. The van der Waals surface area contributed by atoms with Crippen LogP contribution >= 0.6 is 35.8 Å². The third-order valence-electron chi connectivity index (χ3n) is 4.57. The van der Waals surface area contributed by atoms with Crippen LogP contribution in [0.1, 0.15) is 5.56 Å². The summed E-state index contributed by atoms with van der Waals surface area (Å²) in [6.45, 7) is 2.03. The van der Waals surface area contributed by atoms with E-state index < -0.39 is 6.03 Å².